The largest absolute Gasteiger partial charge is 0.342 e. The Morgan fingerprint density at radius 3 is 2.56 bits per heavy atom. The van der Waals surface area contributed by atoms with E-state index < -0.39 is 5.41 Å². The third-order valence-electron chi connectivity index (χ3n) is 6.87. The summed E-state index contributed by atoms with van der Waals surface area (Å²) in [6.07, 6.45) is 2.00. The van der Waals surface area contributed by atoms with Gasteiger partial charge in [0.25, 0.3) is 0 Å². The van der Waals surface area contributed by atoms with Gasteiger partial charge in [-0.3, -0.25) is 24.1 Å². The van der Waals surface area contributed by atoms with E-state index in [-0.39, 0.29) is 42.3 Å². The van der Waals surface area contributed by atoms with Crippen LogP contribution in [0.5, 0.6) is 0 Å². The molecule has 7 heteroatoms. The number of rotatable bonds is 8. The Balaban J connectivity index is 1.90. The second kappa shape index (κ2) is 9.94. The minimum absolute atomic E-state index is 0.00101. The smallest absolute Gasteiger partial charge is 0.240 e. The number of carbonyl (C=O) groups is 4. The Labute approximate surface area is 190 Å². The van der Waals surface area contributed by atoms with Gasteiger partial charge in [-0.15, -0.1) is 0 Å². The minimum atomic E-state index is -1.19. The summed E-state index contributed by atoms with van der Waals surface area (Å²) in [5.41, 5.74) is 0.457. The van der Waals surface area contributed by atoms with Gasteiger partial charge < -0.3 is 9.80 Å². The van der Waals surface area contributed by atoms with Crippen LogP contribution in [-0.4, -0.2) is 78.5 Å². The van der Waals surface area contributed by atoms with E-state index in [9.17, 15) is 19.2 Å². The Kier molecular flexibility index (Phi) is 7.49. The lowest BCUT2D eigenvalue weighted by atomic mass is 9.73. The number of amides is 3. The molecule has 7 nitrogen and oxygen atoms in total. The molecule has 174 valence electrons. The van der Waals surface area contributed by atoms with Crippen molar-refractivity contribution in [2.75, 3.05) is 40.3 Å². The fourth-order valence-corrected chi connectivity index (χ4v) is 5.01. The van der Waals surface area contributed by atoms with E-state index >= 15 is 0 Å². The van der Waals surface area contributed by atoms with Crippen molar-refractivity contribution in [1.82, 2.24) is 14.7 Å². The third kappa shape index (κ3) is 4.77. The van der Waals surface area contributed by atoms with Crippen LogP contribution in [0.25, 0.3) is 0 Å². The highest BCUT2D eigenvalue weighted by molar-refractivity contribution is 6.11. The van der Waals surface area contributed by atoms with Crippen LogP contribution in [0.3, 0.4) is 0 Å². The van der Waals surface area contributed by atoms with Crippen LogP contribution in [0, 0.1) is 12.8 Å². The van der Waals surface area contributed by atoms with E-state index in [1.807, 2.05) is 57.1 Å². The molecule has 2 aliphatic heterocycles. The molecule has 1 aromatic carbocycles. The summed E-state index contributed by atoms with van der Waals surface area (Å²) in [5.74, 6) is -0.629. The van der Waals surface area contributed by atoms with Crippen molar-refractivity contribution < 1.29 is 19.2 Å². The topological polar surface area (TPSA) is 78.0 Å². The van der Waals surface area contributed by atoms with Crippen molar-refractivity contribution in [2.45, 2.75) is 51.4 Å². The average Bonchev–Trinajstić information content (AvgIpc) is 3.01. The van der Waals surface area contributed by atoms with Crippen LogP contribution < -0.4 is 0 Å². The third-order valence-corrected chi connectivity index (χ3v) is 6.87. The predicted molar refractivity (Wildman–Crippen MR) is 122 cm³/mol. The molecule has 0 N–H and O–H groups in total. The summed E-state index contributed by atoms with van der Waals surface area (Å²) < 4.78 is 0. The van der Waals surface area contributed by atoms with Crippen LogP contribution in [0.2, 0.25) is 0 Å². The predicted octanol–water partition coefficient (Wildman–Crippen LogP) is 2.16. The summed E-state index contributed by atoms with van der Waals surface area (Å²) in [4.78, 5) is 57.3. The SMILES string of the molecule is CCC(=O)C1CCCN(C(=O)CC2(c3ccccc3C)CC(=O)N(CCN(C)C)C2=O)C1. The maximum absolute atomic E-state index is 13.7. The molecule has 2 aliphatic rings. The van der Waals surface area contributed by atoms with Crippen LogP contribution in [0.4, 0.5) is 0 Å². The fourth-order valence-electron chi connectivity index (χ4n) is 5.01. The summed E-state index contributed by atoms with van der Waals surface area (Å²) in [7, 11) is 3.79. The van der Waals surface area contributed by atoms with Gasteiger partial charge in [0, 0.05) is 51.4 Å². The molecule has 2 saturated heterocycles. The second-order valence-corrected chi connectivity index (χ2v) is 9.40. The van der Waals surface area contributed by atoms with Crippen LogP contribution in [0.15, 0.2) is 24.3 Å². The molecule has 3 amide bonds. The molecule has 32 heavy (non-hydrogen) atoms. The van der Waals surface area contributed by atoms with E-state index in [2.05, 4.69) is 0 Å². The van der Waals surface area contributed by atoms with E-state index in [0.717, 1.165) is 24.0 Å². The summed E-state index contributed by atoms with van der Waals surface area (Å²) >= 11 is 0. The zero-order valence-electron chi connectivity index (χ0n) is 19.7. The number of carbonyl (C=O) groups excluding carboxylic acids is 4. The Hall–Kier alpha value is -2.54. The summed E-state index contributed by atoms with van der Waals surface area (Å²) in [6, 6.07) is 7.53. The van der Waals surface area contributed by atoms with Gasteiger partial charge in [0.05, 0.1) is 5.41 Å². The molecule has 2 atom stereocenters. The number of hydrogen-bond acceptors (Lipinski definition) is 5. The molecule has 1 aromatic rings. The highest BCUT2D eigenvalue weighted by atomic mass is 16.2. The Morgan fingerprint density at radius 2 is 1.91 bits per heavy atom. The van der Waals surface area contributed by atoms with Crippen molar-refractivity contribution in [3.8, 4) is 0 Å². The molecule has 3 rings (SSSR count). The lowest BCUT2D eigenvalue weighted by Gasteiger charge is -2.35. The van der Waals surface area contributed by atoms with Crippen LogP contribution >= 0.6 is 0 Å². The first-order valence-electron chi connectivity index (χ1n) is 11.6. The lowest BCUT2D eigenvalue weighted by molar-refractivity contribution is -0.144. The number of imide groups is 1. The van der Waals surface area contributed by atoms with E-state index in [0.29, 0.717) is 32.6 Å². The van der Waals surface area contributed by atoms with Gasteiger partial charge in [0.15, 0.2) is 0 Å². The molecule has 0 aliphatic carbocycles. The summed E-state index contributed by atoms with van der Waals surface area (Å²) in [5, 5.41) is 0. The number of aryl methyl sites for hydroxylation is 1. The van der Waals surface area contributed by atoms with Gasteiger partial charge in [-0.25, -0.2) is 0 Å². The maximum atomic E-state index is 13.7. The zero-order chi connectivity index (χ0) is 23.5. The molecule has 0 saturated carbocycles. The van der Waals surface area contributed by atoms with Crippen molar-refractivity contribution in [2.24, 2.45) is 5.92 Å². The van der Waals surface area contributed by atoms with E-state index in [4.69, 9.17) is 0 Å². The first-order valence-corrected chi connectivity index (χ1v) is 11.6. The molecular formula is C25H35N3O4. The monoisotopic (exact) mass is 441 g/mol. The highest BCUT2D eigenvalue weighted by Crippen LogP contribution is 2.42. The first kappa shape index (κ1) is 24.1. The number of hydrogen-bond donors (Lipinski definition) is 0. The van der Waals surface area contributed by atoms with Crippen molar-refractivity contribution in [3.05, 3.63) is 35.4 Å². The van der Waals surface area contributed by atoms with Crippen molar-refractivity contribution in [3.63, 3.8) is 0 Å². The fraction of sp³-hybridized carbons (Fsp3) is 0.600. The number of ketones is 1. The van der Waals surface area contributed by atoms with Gasteiger partial charge in [-0.2, -0.15) is 0 Å². The maximum Gasteiger partial charge on any atom is 0.240 e. The number of nitrogens with zero attached hydrogens (tertiary/aromatic N) is 3. The molecule has 2 heterocycles. The molecule has 0 bridgehead atoms. The van der Waals surface area contributed by atoms with E-state index in [1.54, 1.807) is 4.90 Å². The highest BCUT2D eigenvalue weighted by Gasteiger charge is 2.54. The zero-order valence-corrected chi connectivity index (χ0v) is 19.7. The normalized spacial score (nSPS) is 23.8. The molecular weight excluding hydrogens is 406 g/mol. The number of likely N-dealkylation sites (N-methyl/N-ethyl adjacent to an activating group) is 1. The molecule has 0 spiro atoms. The molecule has 2 fully saturated rings. The lowest BCUT2D eigenvalue weighted by Crippen LogP contribution is -2.47. The quantitative estimate of drug-likeness (QED) is 0.578. The van der Waals surface area contributed by atoms with Crippen LogP contribution in [-0.2, 0) is 24.6 Å². The van der Waals surface area contributed by atoms with Gasteiger partial charge in [-0.05, 0) is 45.0 Å². The number of likely N-dealkylation sites (tertiary alicyclic amines) is 2. The minimum Gasteiger partial charge on any atom is -0.342 e. The standard InChI is InChI=1S/C25H35N3O4/c1-5-21(29)19-10-8-12-27(17-19)22(30)15-25(20-11-7-6-9-18(20)2)16-23(31)28(24(25)32)14-13-26(3)4/h6-7,9,11,19H,5,8,10,12-17H2,1-4H3. The summed E-state index contributed by atoms with van der Waals surface area (Å²) in [6.45, 7) is 5.63. The Bertz CT molecular complexity index is 897. The van der Waals surface area contributed by atoms with Gasteiger partial charge in [-0.1, -0.05) is 31.2 Å². The Morgan fingerprint density at radius 1 is 1.19 bits per heavy atom. The molecule has 0 radical (unpaired) electrons. The second-order valence-electron chi connectivity index (χ2n) is 9.40. The van der Waals surface area contributed by atoms with Gasteiger partial charge >= 0.3 is 0 Å². The number of benzene rings is 1. The number of piperidine rings is 1. The van der Waals surface area contributed by atoms with Crippen molar-refractivity contribution in [1.29, 1.82) is 0 Å². The van der Waals surface area contributed by atoms with Gasteiger partial charge in [0.1, 0.15) is 5.78 Å². The van der Waals surface area contributed by atoms with E-state index in [1.165, 1.54) is 4.90 Å². The van der Waals surface area contributed by atoms with Crippen molar-refractivity contribution >= 4 is 23.5 Å². The van der Waals surface area contributed by atoms with Gasteiger partial charge in [0.2, 0.25) is 17.7 Å². The molecule has 2 unspecified atom stereocenters. The van der Waals surface area contributed by atoms with Crippen LogP contribution in [0.1, 0.15) is 50.2 Å². The average molecular weight is 442 g/mol. The molecule has 0 aromatic heterocycles. The first-order chi connectivity index (χ1) is 15.2. The number of Topliss-reactive ketones (excluding diaryl/α,β-unsaturated/α-hetero) is 1.